The minimum Gasteiger partial charge on any atom is -0.457 e. The largest absolute Gasteiger partial charge is 0.457 e. The van der Waals surface area contributed by atoms with E-state index in [1.165, 1.54) is 12.1 Å². The molecule has 2 amide bonds. The number of fused-ring (bicyclic) bond motifs is 1. The van der Waals surface area contributed by atoms with Crippen LogP contribution in [0.15, 0.2) is 60.7 Å². The lowest BCUT2D eigenvalue weighted by atomic mass is 10.2. The lowest BCUT2D eigenvalue weighted by Gasteiger charge is -2.12. The predicted octanol–water partition coefficient (Wildman–Crippen LogP) is 5.17. The van der Waals surface area contributed by atoms with Crippen LogP contribution in [0.2, 0.25) is 0 Å². The van der Waals surface area contributed by atoms with E-state index in [0.717, 1.165) is 11.0 Å². The summed E-state index contributed by atoms with van der Waals surface area (Å²) in [5.41, 5.74) is 6.22. The first-order chi connectivity index (χ1) is 15.6. The molecule has 0 saturated heterocycles. The fourth-order valence-electron chi connectivity index (χ4n) is 3.13. The van der Waals surface area contributed by atoms with Crippen LogP contribution in [0.1, 0.15) is 5.56 Å². The predicted molar refractivity (Wildman–Crippen MR) is 114 cm³/mol. The number of anilines is 3. The minimum absolute atomic E-state index is 0.326. The number of nitrogens with zero attached hydrogens (tertiary/aromatic N) is 1. The molecular weight excluding hydrogens is 442 g/mol. The van der Waals surface area contributed by atoms with Gasteiger partial charge in [0, 0.05) is 11.8 Å². The summed E-state index contributed by atoms with van der Waals surface area (Å²) in [7, 11) is 1.81. The average molecular weight is 460 g/mol. The van der Waals surface area contributed by atoms with E-state index in [9.17, 15) is 22.4 Å². The number of H-pyrrole nitrogens is 1. The van der Waals surface area contributed by atoms with Crippen molar-refractivity contribution in [1.82, 2.24) is 4.98 Å². The second kappa shape index (κ2) is 8.34. The molecule has 0 atom stereocenters. The number of aryl methyl sites for hydroxylation is 1. The first-order valence-electron chi connectivity index (χ1n) is 9.60. The van der Waals surface area contributed by atoms with Gasteiger partial charge in [-0.15, -0.1) is 0 Å². The van der Waals surface area contributed by atoms with Crippen LogP contribution in [-0.2, 0) is 13.2 Å². The topological polar surface area (TPSA) is 96.1 Å². The standard InChI is InChI=1S/C22H17F4N5O2/c1-31-19-11-15(7-9-17(19)29-20(31)27)33-14-5-3-13(4-6-14)28-21(32)30-18-10-12(22(24,25)26)2-8-16(18)23/h2-11H,1H3,(H4,27,28,29,30,32)/p+1. The molecule has 0 unspecified atom stereocenters. The number of hydrogen-bond acceptors (Lipinski definition) is 3. The molecule has 4 aromatic rings. The lowest BCUT2D eigenvalue weighted by Crippen LogP contribution is -2.30. The molecule has 1 heterocycles. The summed E-state index contributed by atoms with van der Waals surface area (Å²) in [6, 6.07) is 12.5. The Labute approximate surface area is 184 Å². The number of ether oxygens (including phenoxy) is 1. The van der Waals surface area contributed by atoms with Gasteiger partial charge in [0.2, 0.25) is 0 Å². The molecular formula is C22H18F4N5O2+. The SMILES string of the molecule is C[n+]1c(N)[nH]c2ccc(Oc3ccc(NC(=O)Nc4cc(C(F)(F)F)ccc4F)cc3)cc21. The van der Waals surface area contributed by atoms with Gasteiger partial charge in [0.1, 0.15) is 28.3 Å². The molecule has 0 aliphatic heterocycles. The Morgan fingerprint density at radius 1 is 1.00 bits per heavy atom. The maximum atomic E-state index is 13.8. The van der Waals surface area contributed by atoms with E-state index in [0.29, 0.717) is 41.3 Å². The van der Waals surface area contributed by atoms with Gasteiger partial charge in [-0.1, -0.05) is 0 Å². The number of amides is 2. The van der Waals surface area contributed by atoms with Gasteiger partial charge in [0.15, 0.2) is 0 Å². The van der Waals surface area contributed by atoms with Crippen LogP contribution in [-0.4, -0.2) is 11.0 Å². The van der Waals surface area contributed by atoms with Gasteiger partial charge in [-0.25, -0.2) is 18.7 Å². The van der Waals surface area contributed by atoms with E-state index in [2.05, 4.69) is 15.6 Å². The van der Waals surface area contributed by atoms with Gasteiger partial charge >= 0.3 is 18.2 Å². The van der Waals surface area contributed by atoms with Crippen molar-refractivity contribution in [3.63, 3.8) is 0 Å². The first kappa shape index (κ1) is 21.9. The Balaban J connectivity index is 1.42. The number of carbonyl (C=O) groups excluding carboxylic acids is 1. The maximum Gasteiger partial charge on any atom is 0.416 e. The number of benzene rings is 3. The molecule has 7 nitrogen and oxygen atoms in total. The van der Waals surface area contributed by atoms with Crippen LogP contribution < -0.4 is 25.7 Å². The molecule has 33 heavy (non-hydrogen) atoms. The van der Waals surface area contributed by atoms with Gasteiger partial charge < -0.3 is 15.4 Å². The van der Waals surface area contributed by atoms with E-state index >= 15 is 0 Å². The number of halogens is 4. The molecule has 0 aliphatic carbocycles. The first-order valence-corrected chi connectivity index (χ1v) is 9.60. The van der Waals surface area contributed by atoms with Crippen LogP contribution in [0.25, 0.3) is 11.0 Å². The monoisotopic (exact) mass is 460 g/mol. The van der Waals surface area contributed by atoms with Crippen molar-refractivity contribution in [2.24, 2.45) is 7.05 Å². The zero-order valence-electron chi connectivity index (χ0n) is 17.1. The number of aromatic nitrogens is 2. The van der Waals surface area contributed by atoms with E-state index in [1.54, 1.807) is 22.8 Å². The van der Waals surface area contributed by atoms with Gasteiger partial charge in [-0.05, 0) is 54.6 Å². The molecule has 0 spiro atoms. The highest BCUT2D eigenvalue weighted by molar-refractivity contribution is 5.99. The van der Waals surface area contributed by atoms with Crippen LogP contribution in [0.3, 0.4) is 0 Å². The van der Waals surface area contributed by atoms with E-state index in [-0.39, 0.29) is 0 Å². The molecule has 11 heteroatoms. The number of rotatable bonds is 4. The molecule has 0 saturated carbocycles. The van der Waals surface area contributed by atoms with Crippen molar-refractivity contribution in [2.75, 3.05) is 16.4 Å². The summed E-state index contributed by atoms with van der Waals surface area (Å²) in [5.74, 6) is 0.559. The number of carbonyl (C=O) groups is 1. The fourth-order valence-corrected chi connectivity index (χ4v) is 3.13. The number of aromatic amines is 1. The van der Waals surface area contributed by atoms with E-state index in [1.807, 2.05) is 19.2 Å². The number of nitrogens with one attached hydrogen (secondary N) is 3. The third kappa shape index (κ3) is 4.81. The zero-order valence-corrected chi connectivity index (χ0v) is 17.1. The van der Waals surface area contributed by atoms with Crippen molar-refractivity contribution >= 4 is 34.4 Å². The molecule has 1 aromatic heterocycles. The third-order valence-electron chi connectivity index (χ3n) is 4.84. The summed E-state index contributed by atoms with van der Waals surface area (Å²) in [6.45, 7) is 0. The number of urea groups is 1. The van der Waals surface area contributed by atoms with Gasteiger partial charge in [-0.2, -0.15) is 13.2 Å². The second-order valence-electron chi connectivity index (χ2n) is 7.15. The number of alkyl halides is 3. The van der Waals surface area contributed by atoms with Crippen molar-refractivity contribution in [3.05, 3.63) is 72.0 Å². The Bertz CT molecular complexity index is 1330. The molecule has 3 aromatic carbocycles. The van der Waals surface area contributed by atoms with Gasteiger partial charge in [0.05, 0.1) is 18.3 Å². The summed E-state index contributed by atoms with van der Waals surface area (Å²) in [4.78, 5) is 15.1. The molecule has 0 aliphatic rings. The maximum absolute atomic E-state index is 13.8. The summed E-state index contributed by atoms with van der Waals surface area (Å²) in [6.07, 6.45) is -4.66. The molecule has 170 valence electrons. The van der Waals surface area contributed by atoms with Crippen molar-refractivity contribution in [2.45, 2.75) is 6.18 Å². The number of nitrogen functional groups attached to an aromatic ring is 1. The normalized spacial score (nSPS) is 11.4. The van der Waals surface area contributed by atoms with Crippen molar-refractivity contribution in [1.29, 1.82) is 0 Å². The van der Waals surface area contributed by atoms with Crippen LogP contribution in [0.4, 0.5) is 39.7 Å². The summed E-state index contributed by atoms with van der Waals surface area (Å²) in [5, 5.41) is 4.50. The highest BCUT2D eigenvalue weighted by Crippen LogP contribution is 2.32. The Morgan fingerprint density at radius 3 is 2.39 bits per heavy atom. The van der Waals surface area contributed by atoms with Gasteiger partial charge in [0.25, 0.3) is 0 Å². The van der Waals surface area contributed by atoms with Crippen LogP contribution in [0, 0.1) is 5.82 Å². The lowest BCUT2D eigenvalue weighted by molar-refractivity contribution is -0.629. The van der Waals surface area contributed by atoms with Crippen molar-refractivity contribution in [3.8, 4) is 11.5 Å². The molecule has 0 radical (unpaired) electrons. The molecule has 4 rings (SSSR count). The van der Waals surface area contributed by atoms with Crippen molar-refractivity contribution < 1.29 is 31.7 Å². The Hall–Kier alpha value is -4.28. The zero-order chi connectivity index (χ0) is 23.8. The minimum atomic E-state index is -4.66. The molecule has 0 bridgehead atoms. The highest BCUT2D eigenvalue weighted by Gasteiger charge is 2.31. The smallest absolute Gasteiger partial charge is 0.416 e. The summed E-state index contributed by atoms with van der Waals surface area (Å²) >= 11 is 0. The third-order valence-corrected chi connectivity index (χ3v) is 4.84. The quantitative estimate of drug-likeness (QED) is 0.250. The van der Waals surface area contributed by atoms with Gasteiger partial charge in [-0.3, -0.25) is 5.73 Å². The summed E-state index contributed by atoms with van der Waals surface area (Å²) < 4.78 is 59.8. The number of nitrogens with two attached hydrogens (primary N) is 1. The second-order valence-corrected chi connectivity index (χ2v) is 7.15. The Kier molecular flexibility index (Phi) is 5.54. The number of imidazole rings is 1. The molecule has 0 fully saturated rings. The molecule has 5 N–H and O–H groups in total. The average Bonchev–Trinajstić information content (AvgIpc) is 3.04. The van der Waals surface area contributed by atoms with E-state index in [4.69, 9.17) is 10.5 Å². The van der Waals surface area contributed by atoms with Crippen LogP contribution in [0.5, 0.6) is 11.5 Å². The number of hydrogen-bond donors (Lipinski definition) is 4. The Morgan fingerprint density at radius 2 is 1.70 bits per heavy atom. The van der Waals surface area contributed by atoms with E-state index < -0.39 is 29.3 Å². The fraction of sp³-hybridized carbons (Fsp3) is 0.0909. The highest BCUT2D eigenvalue weighted by atomic mass is 19.4. The van der Waals surface area contributed by atoms with Crippen LogP contribution >= 0.6 is 0 Å².